The van der Waals surface area contributed by atoms with Crippen LogP contribution in [0.1, 0.15) is 20.3 Å². The largest absolute Gasteiger partial charge is 0.312 e. The van der Waals surface area contributed by atoms with Crippen LogP contribution in [0.2, 0.25) is 0 Å². The minimum absolute atomic E-state index is 0. The van der Waals surface area contributed by atoms with Crippen molar-refractivity contribution in [1.82, 2.24) is 9.62 Å². The standard InChI is InChI=1S/C8H18N2O2S.ClH/c1-3-6-13(11,12)10-5-4-9-8(2)7-10;/h8-9H,3-7H2,1-2H3;1H/t8-;/m0./s1. The molecule has 86 valence electrons. The van der Waals surface area contributed by atoms with Gasteiger partial charge in [0.1, 0.15) is 0 Å². The minimum Gasteiger partial charge on any atom is -0.312 e. The molecule has 0 bridgehead atoms. The van der Waals surface area contributed by atoms with Gasteiger partial charge in [-0.15, -0.1) is 12.4 Å². The molecule has 1 rings (SSSR count). The van der Waals surface area contributed by atoms with Crippen molar-refractivity contribution in [3.63, 3.8) is 0 Å². The zero-order valence-corrected chi connectivity index (χ0v) is 10.3. The highest BCUT2D eigenvalue weighted by Gasteiger charge is 2.25. The van der Waals surface area contributed by atoms with Gasteiger partial charge in [0.05, 0.1) is 5.75 Å². The van der Waals surface area contributed by atoms with Crippen LogP contribution in [0.4, 0.5) is 0 Å². The lowest BCUT2D eigenvalue weighted by molar-refractivity contribution is 0.310. The van der Waals surface area contributed by atoms with Crippen LogP contribution < -0.4 is 5.32 Å². The zero-order valence-electron chi connectivity index (χ0n) is 8.69. The van der Waals surface area contributed by atoms with Gasteiger partial charge in [-0.3, -0.25) is 0 Å². The van der Waals surface area contributed by atoms with E-state index in [4.69, 9.17) is 0 Å². The van der Waals surface area contributed by atoms with E-state index in [0.29, 0.717) is 19.5 Å². The number of hydrogen-bond donors (Lipinski definition) is 1. The van der Waals surface area contributed by atoms with E-state index in [1.54, 1.807) is 4.31 Å². The average molecular weight is 243 g/mol. The maximum Gasteiger partial charge on any atom is 0.214 e. The number of hydrogen-bond acceptors (Lipinski definition) is 3. The molecule has 1 fully saturated rings. The van der Waals surface area contributed by atoms with Crippen LogP contribution >= 0.6 is 12.4 Å². The molecule has 1 atom stereocenters. The molecule has 1 N–H and O–H groups in total. The van der Waals surface area contributed by atoms with Crippen molar-refractivity contribution in [3.05, 3.63) is 0 Å². The highest BCUT2D eigenvalue weighted by Crippen LogP contribution is 2.07. The Hall–Kier alpha value is 0.160. The van der Waals surface area contributed by atoms with E-state index in [1.165, 1.54) is 0 Å². The second-order valence-electron chi connectivity index (χ2n) is 3.53. The summed E-state index contributed by atoms with van der Waals surface area (Å²) in [5, 5.41) is 3.22. The van der Waals surface area contributed by atoms with Crippen molar-refractivity contribution in [3.8, 4) is 0 Å². The predicted molar refractivity (Wildman–Crippen MR) is 60.4 cm³/mol. The number of sulfonamides is 1. The maximum absolute atomic E-state index is 11.6. The van der Waals surface area contributed by atoms with Gasteiger partial charge in [0.25, 0.3) is 0 Å². The third-order valence-electron chi connectivity index (χ3n) is 2.19. The molecule has 14 heavy (non-hydrogen) atoms. The van der Waals surface area contributed by atoms with Crippen molar-refractivity contribution >= 4 is 22.4 Å². The third kappa shape index (κ3) is 3.73. The molecular formula is C8H19ClN2O2S. The lowest BCUT2D eigenvalue weighted by atomic mass is 10.3. The fraction of sp³-hybridized carbons (Fsp3) is 1.00. The first-order chi connectivity index (χ1) is 6.06. The number of halogens is 1. The average Bonchev–Trinajstić information content (AvgIpc) is 2.04. The summed E-state index contributed by atoms with van der Waals surface area (Å²) >= 11 is 0. The van der Waals surface area contributed by atoms with Crippen LogP contribution in [-0.2, 0) is 10.0 Å². The summed E-state index contributed by atoms with van der Waals surface area (Å²) in [6.45, 7) is 5.90. The molecule has 0 aliphatic carbocycles. The van der Waals surface area contributed by atoms with Gasteiger partial charge in [-0.2, -0.15) is 4.31 Å². The first-order valence-corrected chi connectivity index (χ1v) is 6.38. The fourth-order valence-corrected chi connectivity index (χ4v) is 3.13. The van der Waals surface area contributed by atoms with Crippen molar-refractivity contribution < 1.29 is 8.42 Å². The molecule has 0 spiro atoms. The van der Waals surface area contributed by atoms with Crippen molar-refractivity contribution in [2.45, 2.75) is 26.3 Å². The summed E-state index contributed by atoms with van der Waals surface area (Å²) in [6.07, 6.45) is 0.695. The molecule has 0 saturated carbocycles. The molecule has 1 aliphatic rings. The Kier molecular flexibility index (Phi) is 5.97. The molecule has 0 amide bonds. The number of nitrogens with zero attached hydrogens (tertiary/aromatic N) is 1. The Balaban J connectivity index is 0.00000169. The van der Waals surface area contributed by atoms with E-state index in [0.717, 1.165) is 6.54 Å². The topological polar surface area (TPSA) is 49.4 Å². The third-order valence-corrected chi connectivity index (χ3v) is 4.23. The van der Waals surface area contributed by atoms with Gasteiger partial charge in [-0.05, 0) is 13.3 Å². The van der Waals surface area contributed by atoms with Crippen LogP contribution in [0, 0.1) is 0 Å². The first-order valence-electron chi connectivity index (χ1n) is 4.77. The molecular weight excluding hydrogens is 224 g/mol. The Morgan fingerprint density at radius 2 is 2.14 bits per heavy atom. The first kappa shape index (κ1) is 14.2. The molecule has 0 aromatic heterocycles. The van der Waals surface area contributed by atoms with Crippen molar-refractivity contribution in [2.75, 3.05) is 25.4 Å². The predicted octanol–water partition coefficient (Wildman–Crippen LogP) is 0.442. The number of rotatable bonds is 3. The molecule has 0 aromatic carbocycles. The summed E-state index contributed by atoms with van der Waals surface area (Å²) in [5.74, 6) is 0.277. The highest BCUT2D eigenvalue weighted by atomic mass is 35.5. The summed E-state index contributed by atoms with van der Waals surface area (Å²) in [4.78, 5) is 0. The normalized spacial score (nSPS) is 24.3. The fourth-order valence-electron chi connectivity index (χ4n) is 1.54. The van der Waals surface area contributed by atoms with Crippen LogP contribution in [0.15, 0.2) is 0 Å². The number of nitrogens with one attached hydrogen (secondary N) is 1. The highest BCUT2D eigenvalue weighted by molar-refractivity contribution is 7.89. The Morgan fingerprint density at radius 1 is 1.50 bits per heavy atom. The summed E-state index contributed by atoms with van der Waals surface area (Å²) in [5.41, 5.74) is 0. The second kappa shape index (κ2) is 5.90. The molecule has 1 aliphatic heterocycles. The van der Waals surface area contributed by atoms with E-state index < -0.39 is 10.0 Å². The van der Waals surface area contributed by atoms with Crippen LogP contribution in [-0.4, -0.2) is 44.2 Å². The quantitative estimate of drug-likeness (QED) is 0.782. The smallest absolute Gasteiger partial charge is 0.214 e. The number of piperazine rings is 1. The van der Waals surface area contributed by atoms with Crippen LogP contribution in [0.5, 0.6) is 0 Å². The van der Waals surface area contributed by atoms with Gasteiger partial charge in [-0.1, -0.05) is 6.92 Å². The van der Waals surface area contributed by atoms with Gasteiger partial charge >= 0.3 is 0 Å². The maximum atomic E-state index is 11.6. The lowest BCUT2D eigenvalue weighted by Gasteiger charge is -2.30. The Morgan fingerprint density at radius 3 is 2.64 bits per heavy atom. The molecule has 0 unspecified atom stereocenters. The minimum atomic E-state index is -2.97. The summed E-state index contributed by atoms with van der Waals surface area (Å²) < 4.78 is 24.9. The van der Waals surface area contributed by atoms with Crippen LogP contribution in [0.25, 0.3) is 0 Å². The summed E-state index contributed by atoms with van der Waals surface area (Å²) in [6, 6.07) is 0.278. The zero-order chi connectivity index (χ0) is 9.90. The molecule has 0 radical (unpaired) electrons. The van der Waals surface area contributed by atoms with E-state index in [9.17, 15) is 8.42 Å². The van der Waals surface area contributed by atoms with Gasteiger partial charge in [0.15, 0.2) is 0 Å². The van der Waals surface area contributed by atoms with Crippen molar-refractivity contribution in [2.24, 2.45) is 0 Å². The molecule has 4 nitrogen and oxygen atoms in total. The molecule has 0 aromatic rings. The van der Waals surface area contributed by atoms with Gasteiger partial charge in [-0.25, -0.2) is 8.42 Å². The van der Waals surface area contributed by atoms with Gasteiger partial charge in [0, 0.05) is 25.7 Å². The van der Waals surface area contributed by atoms with E-state index >= 15 is 0 Å². The van der Waals surface area contributed by atoms with Crippen LogP contribution in [0.3, 0.4) is 0 Å². The van der Waals surface area contributed by atoms with Gasteiger partial charge in [0.2, 0.25) is 10.0 Å². The molecule has 6 heteroatoms. The Bertz CT molecular complexity index is 256. The lowest BCUT2D eigenvalue weighted by Crippen LogP contribution is -2.51. The van der Waals surface area contributed by atoms with E-state index in [-0.39, 0.29) is 24.2 Å². The van der Waals surface area contributed by atoms with E-state index in [2.05, 4.69) is 5.32 Å². The molecule has 1 saturated heterocycles. The van der Waals surface area contributed by atoms with Gasteiger partial charge < -0.3 is 5.32 Å². The van der Waals surface area contributed by atoms with Crippen molar-refractivity contribution in [1.29, 1.82) is 0 Å². The SMILES string of the molecule is CCCS(=O)(=O)N1CCN[C@@H](C)C1.Cl. The summed E-state index contributed by atoms with van der Waals surface area (Å²) in [7, 11) is -2.97. The van der Waals surface area contributed by atoms with E-state index in [1.807, 2.05) is 13.8 Å². The molecule has 1 heterocycles. The monoisotopic (exact) mass is 242 g/mol. The Labute approximate surface area is 92.5 Å². The second-order valence-corrected chi connectivity index (χ2v) is 5.62.